The van der Waals surface area contributed by atoms with Crippen LogP contribution in [0.5, 0.6) is 5.75 Å². The van der Waals surface area contributed by atoms with Crippen LogP contribution in [0.25, 0.3) is 22.6 Å². The Labute approximate surface area is 163 Å². The Morgan fingerprint density at radius 1 is 1.14 bits per heavy atom. The van der Waals surface area contributed by atoms with Gasteiger partial charge in [-0.05, 0) is 31.2 Å². The molecule has 6 heteroatoms. The molecule has 4 rings (SSSR count). The number of carbonyl (C=O) groups is 1. The molecular formula is C22H22N2O4. The van der Waals surface area contributed by atoms with Crippen LogP contribution in [0, 0.1) is 6.92 Å². The standard InChI is InChI=1S/C22H22N2O4/c1-16-21(23-28-22(16)18-5-3-2-4-6-18)17-7-9-19(10-8-17)27-20-15-24(11-13-25)12-14-26-20/h2-10,13,20H,11-12,14-15H2,1H3. The molecule has 1 aromatic heterocycles. The number of hydrogen-bond acceptors (Lipinski definition) is 6. The lowest BCUT2D eigenvalue weighted by Crippen LogP contribution is -2.45. The molecule has 1 aliphatic heterocycles. The molecule has 1 fully saturated rings. The third-order valence-electron chi connectivity index (χ3n) is 4.81. The maximum Gasteiger partial charge on any atom is 0.212 e. The fourth-order valence-electron chi connectivity index (χ4n) is 3.32. The van der Waals surface area contributed by atoms with Crippen molar-refractivity contribution in [3.8, 4) is 28.3 Å². The molecule has 1 aliphatic rings. The molecule has 1 saturated heterocycles. The van der Waals surface area contributed by atoms with E-state index in [9.17, 15) is 4.79 Å². The largest absolute Gasteiger partial charge is 0.464 e. The first kappa shape index (κ1) is 18.4. The third-order valence-corrected chi connectivity index (χ3v) is 4.81. The Bertz CT molecular complexity index is 921. The molecule has 0 amide bonds. The Kier molecular flexibility index (Phi) is 5.50. The highest BCUT2D eigenvalue weighted by atomic mass is 16.7. The van der Waals surface area contributed by atoms with Crippen molar-refractivity contribution in [2.24, 2.45) is 0 Å². The van der Waals surface area contributed by atoms with Crippen LogP contribution in [0.2, 0.25) is 0 Å². The van der Waals surface area contributed by atoms with Crippen LogP contribution in [-0.4, -0.2) is 48.9 Å². The summed E-state index contributed by atoms with van der Waals surface area (Å²) in [5.74, 6) is 1.49. The van der Waals surface area contributed by atoms with Crippen LogP contribution in [0.4, 0.5) is 0 Å². The summed E-state index contributed by atoms with van der Waals surface area (Å²) in [5.41, 5.74) is 3.78. The van der Waals surface area contributed by atoms with Crippen molar-refractivity contribution in [2.75, 3.05) is 26.2 Å². The predicted octanol–water partition coefficient (Wildman–Crippen LogP) is 3.55. The molecule has 6 nitrogen and oxygen atoms in total. The molecule has 1 unspecified atom stereocenters. The van der Waals surface area contributed by atoms with E-state index in [1.807, 2.05) is 66.4 Å². The highest BCUT2D eigenvalue weighted by molar-refractivity contribution is 5.72. The quantitative estimate of drug-likeness (QED) is 0.611. The van der Waals surface area contributed by atoms with Crippen LogP contribution in [0.1, 0.15) is 5.56 Å². The van der Waals surface area contributed by atoms with Gasteiger partial charge in [-0.1, -0.05) is 35.5 Å². The van der Waals surface area contributed by atoms with E-state index >= 15 is 0 Å². The number of rotatable bonds is 6. The van der Waals surface area contributed by atoms with Gasteiger partial charge in [-0.2, -0.15) is 0 Å². The van der Waals surface area contributed by atoms with Gasteiger partial charge in [0.05, 0.1) is 19.7 Å². The zero-order valence-electron chi connectivity index (χ0n) is 15.7. The normalized spacial score (nSPS) is 17.4. The average molecular weight is 378 g/mol. The molecule has 0 spiro atoms. The summed E-state index contributed by atoms with van der Waals surface area (Å²) < 4.78 is 17.1. The minimum Gasteiger partial charge on any atom is -0.464 e. The molecule has 0 saturated carbocycles. The van der Waals surface area contributed by atoms with E-state index in [1.165, 1.54) is 0 Å². The monoisotopic (exact) mass is 378 g/mol. The third kappa shape index (κ3) is 3.98. The number of ether oxygens (including phenoxy) is 2. The molecule has 0 radical (unpaired) electrons. The molecule has 0 aliphatic carbocycles. The van der Waals surface area contributed by atoms with E-state index in [-0.39, 0.29) is 6.29 Å². The molecule has 3 aromatic rings. The fraction of sp³-hybridized carbons (Fsp3) is 0.273. The predicted molar refractivity (Wildman–Crippen MR) is 105 cm³/mol. The van der Waals surface area contributed by atoms with Gasteiger partial charge in [-0.3, -0.25) is 4.90 Å². The van der Waals surface area contributed by atoms with Gasteiger partial charge in [-0.25, -0.2) is 0 Å². The summed E-state index contributed by atoms with van der Waals surface area (Å²) >= 11 is 0. The minimum absolute atomic E-state index is 0.377. The summed E-state index contributed by atoms with van der Waals surface area (Å²) in [6, 6.07) is 17.7. The van der Waals surface area contributed by atoms with Crippen molar-refractivity contribution in [1.82, 2.24) is 10.1 Å². The first-order chi connectivity index (χ1) is 13.7. The van der Waals surface area contributed by atoms with Gasteiger partial charge < -0.3 is 18.8 Å². The number of nitrogens with zero attached hydrogens (tertiary/aromatic N) is 2. The number of hydrogen-bond donors (Lipinski definition) is 0. The van der Waals surface area contributed by atoms with Gasteiger partial charge >= 0.3 is 0 Å². The van der Waals surface area contributed by atoms with E-state index in [0.717, 1.165) is 41.0 Å². The second kappa shape index (κ2) is 8.37. The van der Waals surface area contributed by atoms with Crippen molar-refractivity contribution in [3.05, 3.63) is 60.2 Å². The Balaban J connectivity index is 1.47. The fourth-order valence-corrected chi connectivity index (χ4v) is 3.32. The Morgan fingerprint density at radius 2 is 1.93 bits per heavy atom. The molecular weight excluding hydrogens is 356 g/mol. The number of aromatic nitrogens is 1. The van der Waals surface area contributed by atoms with Crippen LogP contribution in [0.3, 0.4) is 0 Å². The molecule has 2 aromatic carbocycles. The second-order valence-electron chi connectivity index (χ2n) is 6.72. The first-order valence-electron chi connectivity index (χ1n) is 9.31. The highest BCUT2D eigenvalue weighted by Crippen LogP contribution is 2.32. The lowest BCUT2D eigenvalue weighted by molar-refractivity contribution is -0.134. The summed E-state index contributed by atoms with van der Waals surface area (Å²) in [4.78, 5) is 12.7. The van der Waals surface area contributed by atoms with Gasteiger partial charge in [0.2, 0.25) is 6.29 Å². The Morgan fingerprint density at radius 3 is 2.68 bits per heavy atom. The molecule has 2 heterocycles. The van der Waals surface area contributed by atoms with Gasteiger partial charge in [0.25, 0.3) is 0 Å². The highest BCUT2D eigenvalue weighted by Gasteiger charge is 2.21. The molecule has 144 valence electrons. The lowest BCUT2D eigenvalue weighted by Gasteiger charge is -2.31. The SMILES string of the molecule is Cc1c(-c2ccc(OC3CN(CC=O)CCO3)cc2)noc1-c1ccccc1. The summed E-state index contributed by atoms with van der Waals surface area (Å²) in [7, 11) is 0. The zero-order valence-corrected chi connectivity index (χ0v) is 15.7. The van der Waals surface area contributed by atoms with Crippen LogP contribution >= 0.6 is 0 Å². The van der Waals surface area contributed by atoms with Crippen molar-refractivity contribution >= 4 is 6.29 Å². The van der Waals surface area contributed by atoms with Crippen LogP contribution in [0.15, 0.2) is 59.1 Å². The first-order valence-corrected chi connectivity index (χ1v) is 9.31. The van der Waals surface area contributed by atoms with Crippen molar-refractivity contribution < 1.29 is 18.8 Å². The maximum absolute atomic E-state index is 10.7. The molecule has 28 heavy (non-hydrogen) atoms. The maximum atomic E-state index is 10.7. The summed E-state index contributed by atoms with van der Waals surface area (Å²) in [6.45, 7) is 4.28. The topological polar surface area (TPSA) is 64.8 Å². The number of morpholine rings is 1. The average Bonchev–Trinajstić information content (AvgIpc) is 3.11. The Hall–Kier alpha value is -2.96. The zero-order chi connectivity index (χ0) is 19.3. The minimum atomic E-state index is -0.377. The van der Waals surface area contributed by atoms with Crippen molar-refractivity contribution in [2.45, 2.75) is 13.2 Å². The smallest absolute Gasteiger partial charge is 0.212 e. The van der Waals surface area contributed by atoms with E-state index in [0.29, 0.717) is 25.4 Å². The van der Waals surface area contributed by atoms with Gasteiger partial charge in [0.1, 0.15) is 17.7 Å². The number of benzene rings is 2. The van der Waals surface area contributed by atoms with Crippen LogP contribution in [-0.2, 0) is 9.53 Å². The van der Waals surface area contributed by atoms with E-state index < -0.39 is 0 Å². The molecule has 0 N–H and O–H groups in total. The molecule has 0 bridgehead atoms. The van der Waals surface area contributed by atoms with Gasteiger partial charge in [0.15, 0.2) is 5.76 Å². The van der Waals surface area contributed by atoms with Crippen LogP contribution < -0.4 is 4.74 Å². The van der Waals surface area contributed by atoms with E-state index in [1.54, 1.807) is 0 Å². The van der Waals surface area contributed by atoms with Gasteiger partial charge in [0, 0.05) is 23.2 Å². The number of carbonyl (C=O) groups excluding carboxylic acids is 1. The lowest BCUT2D eigenvalue weighted by atomic mass is 10.0. The summed E-state index contributed by atoms with van der Waals surface area (Å²) in [6.07, 6.45) is 0.527. The van der Waals surface area contributed by atoms with Crippen molar-refractivity contribution in [3.63, 3.8) is 0 Å². The van der Waals surface area contributed by atoms with Gasteiger partial charge in [-0.15, -0.1) is 0 Å². The van der Waals surface area contributed by atoms with E-state index in [2.05, 4.69) is 5.16 Å². The van der Waals surface area contributed by atoms with Crippen molar-refractivity contribution in [1.29, 1.82) is 0 Å². The molecule has 1 atom stereocenters. The summed E-state index contributed by atoms with van der Waals surface area (Å²) in [5, 5.41) is 4.26. The van der Waals surface area contributed by atoms with E-state index in [4.69, 9.17) is 14.0 Å². The second-order valence-corrected chi connectivity index (χ2v) is 6.72. The number of aldehydes is 1.